The molecule has 0 unspecified atom stereocenters. The molecule has 0 aromatic carbocycles. The van der Waals surface area contributed by atoms with E-state index in [0.717, 1.165) is 51.1 Å². The van der Waals surface area contributed by atoms with Gasteiger partial charge in [-0.05, 0) is 39.3 Å². The summed E-state index contributed by atoms with van der Waals surface area (Å²) in [6.45, 7) is 4.41. The highest BCUT2D eigenvalue weighted by molar-refractivity contribution is 5.82. The Balaban J connectivity index is 1.66. The first-order valence-corrected chi connectivity index (χ1v) is 7.94. The molecule has 1 aromatic heterocycles. The molecule has 2 atom stereocenters. The minimum Gasteiger partial charge on any atom is -0.341 e. The van der Waals surface area contributed by atoms with Gasteiger partial charge in [-0.25, -0.2) is 0 Å². The smallest absolute Gasteiger partial charge is 0.239 e. The zero-order valence-electron chi connectivity index (χ0n) is 12.9. The van der Waals surface area contributed by atoms with Crippen LogP contribution in [-0.2, 0) is 4.79 Å². The number of likely N-dealkylation sites (N-methyl/N-ethyl adjacent to an activating group) is 1. The zero-order valence-corrected chi connectivity index (χ0v) is 12.9. The van der Waals surface area contributed by atoms with Crippen LogP contribution in [0.3, 0.4) is 0 Å². The molecule has 2 fully saturated rings. The molecule has 116 valence electrons. The largest absolute Gasteiger partial charge is 0.341 e. The molecule has 3 rings (SSSR count). The summed E-state index contributed by atoms with van der Waals surface area (Å²) in [4.78, 5) is 21.3. The molecule has 0 aliphatic carbocycles. The average Bonchev–Trinajstić information content (AvgIpc) is 2.94. The lowest BCUT2D eigenvalue weighted by Crippen LogP contribution is -2.51. The lowest BCUT2D eigenvalue weighted by Gasteiger charge is -2.38. The highest BCUT2D eigenvalue weighted by Crippen LogP contribution is 2.27. The van der Waals surface area contributed by atoms with Crippen molar-refractivity contribution in [3.8, 4) is 0 Å². The summed E-state index contributed by atoms with van der Waals surface area (Å²) in [6, 6.07) is 0.0597. The van der Waals surface area contributed by atoms with E-state index < -0.39 is 0 Å². The number of hydrogen-bond acceptors (Lipinski definition) is 5. The summed E-state index contributed by atoms with van der Waals surface area (Å²) >= 11 is 0. The maximum Gasteiger partial charge on any atom is 0.239 e. The first-order valence-electron chi connectivity index (χ1n) is 7.94. The fraction of sp³-hybridized carbons (Fsp3) is 0.800. The van der Waals surface area contributed by atoms with Crippen molar-refractivity contribution in [1.82, 2.24) is 19.9 Å². The molecule has 0 N–H and O–H groups in total. The van der Waals surface area contributed by atoms with Crippen LogP contribution in [0.2, 0.25) is 0 Å². The first-order chi connectivity index (χ1) is 10.1. The Morgan fingerprint density at radius 1 is 1.24 bits per heavy atom. The summed E-state index contributed by atoms with van der Waals surface area (Å²) in [5, 5.41) is 4.03. The summed E-state index contributed by atoms with van der Waals surface area (Å²) < 4.78 is 5.07. The van der Waals surface area contributed by atoms with Gasteiger partial charge < -0.3 is 9.42 Å². The van der Waals surface area contributed by atoms with E-state index in [0.29, 0.717) is 5.89 Å². The van der Waals surface area contributed by atoms with E-state index in [1.807, 2.05) is 4.90 Å². The van der Waals surface area contributed by atoms with Crippen LogP contribution in [0.1, 0.15) is 49.7 Å². The van der Waals surface area contributed by atoms with Gasteiger partial charge in [-0.1, -0.05) is 11.6 Å². The summed E-state index contributed by atoms with van der Waals surface area (Å²) in [5.41, 5.74) is 0. The highest BCUT2D eigenvalue weighted by atomic mass is 16.5. The van der Waals surface area contributed by atoms with Crippen LogP contribution in [0.4, 0.5) is 0 Å². The number of piperidine rings is 2. The van der Waals surface area contributed by atoms with Crippen LogP contribution in [0.25, 0.3) is 0 Å². The molecule has 3 heterocycles. The molecular formula is C15H24N4O2. The van der Waals surface area contributed by atoms with E-state index >= 15 is 0 Å². The molecule has 0 radical (unpaired) electrons. The van der Waals surface area contributed by atoms with Crippen molar-refractivity contribution in [2.24, 2.45) is 0 Å². The molecule has 1 aromatic rings. The first kappa shape index (κ1) is 14.5. The van der Waals surface area contributed by atoms with Gasteiger partial charge in [0.1, 0.15) is 0 Å². The fourth-order valence-electron chi connectivity index (χ4n) is 3.47. The van der Waals surface area contributed by atoms with Gasteiger partial charge in [0.15, 0.2) is 5.82 Å². The maximum atomic E-state index is 12.8. The van der Waals surface area contributed by atoms with Crippen molar-refractivity contribution in [2.45, 2.75) is 51.0 Å². The van der Waals surface area contributed by atoms with Crippen molar-refractivity contribution in [3.05, 3.63) is 11.7 Å². The minimum atomic E-state index is 0.0597. The van der Waals surface area contributed by atoms with E-state index in [2.05, 4.69) is 22.1 Å². The second-order valence-corrected chi connectivity index (χ2v) is 6.29. The van der Waals surface area contributed by atoms with E-state index in [9.17, 15) is 4.79 Å². The van der Waals surface area contributed by atoms with Crippen molar-refractivity contribution in [1.29, 1.82) is 0 Å². The molecular weight excluding hydrogens is 268 g/mol. The zero-order chi connectivity index (χ0) is 14.8. The van der Waals surface area contributed by atoms with Crippen molar-refractivity contribution in [2.75, 3.05) is 26.7 Å². The molecule has 2 aliphatic rings. The van der Waals surface area contributed by atoms with Crippen LogP contribution in [0.15, 0.2) is 4.52 Å². The van der Waals surface area contributed by atoms with Crippen LogP contribution in [-0.4, -0.2) is 58.6 Å². The number of aromatic nitrogens is 2. The van der Waals surface area contributed by atoms with Crippen LogP contribution < -0.4 is 0 Å². The van der Waals surface area contributed by atoms with Gasteiger partial charge in [-0.2, -0.15) is 4.98 Å². The van der Waals surface area contributed by atoms with Gasteiger partial charge in [0.2, 0.25) is 11.8 Å². The average molecular weight is 292 g/mol. The van der Waals surface area contributed by atoms with Gasteiger partial charge in [0, 0.05) is 25.9 Å². The lowest BCUT2D eigenvalue weighted by molar-refractivity contribution is -0.138. The minimum absolute atomic E-state index is 0.0597. The number of carbonyl (C=O) groups excluding carboxylic acids is 1. The van der Waals surface area contributed by atoms with Crippen LogP contribution in [0.5, 0.6) is 0 Å². The second-order valence-electron chi connectivity index (χ2n) is 6.29. The van der Waals surface area contributed by atoms with E-state index in [4.69, 9.17) is 4.52 Å². The van der Waals surface area contributed by atoms with E-state index in [1.54, 1.807) is 6.92 Å². The molecule has 21 heavy (non-hydrogen) atoms. The summed E-state index contributed by atoms with van der Waals surface area (Å²) in [5.74, 6) is 1.85. The number of amides is 1. The van der Waals surface area contributed by atoms with E-state index in [-0.39, 0.29) is 17.9 Å². The Kier molecular flexibility index (Phi) is 4.24. The number of likely N-dealkylation sites (tertiary alicyclic amines) is 2. The normalized spacial score (nSPS) is 27.8. The number of aryl methyl sites for hydroxylation is 1. The Hall–Kier alpha value is -1.43. The Morgan fingerprint density at radius 2 is 2.10 bits per heavy atom. The van der Waals surface area contributed by atoms with E-state index in [1.165, 1.54) is 6.42 Å². The molecule has 6 heteroatoms. The van der Waals surface area contributed by atoms with Gasteiger partial charge in [-0.15, -0.1) is 0 Å². The SMILES string of the molecule is Cc1nc([C@@H]2CCCN(C(=O)[C@@H]3CCCCN3C)C2)no1. The summed E-state index contributed by atoms with van der Waals surface area (Å²) in [6.07, 6.45) is 5.38. The number of rotatable bonds is 2. The Bertz CT molecular complexity index is 502. The van der Waals surface area contributed by atoms with Gasteiger partial charge in [0.25, 0.3) is 0 Å². The summed E-state index contributed by atoms with van der Waals surface area (Å²) in [7, 11) is 2.06. The predicted octanol–water partition coefficient (Wildman–Crippen LogP) is 1.57. The molecule has 1 amide bonds. The van der Waals surface area contributed by atoms with Crippen molar-refractivity contribution < 1.29 is 9.32 Å². The monoisotopic (exact) mass is 292 g/mol. The standard InChI is InChI=1S/C15H24N4O2/c1-11-16-14(17-21-11)12-6-5-9-19(10-12)15(20)13-7-3-4-8-18(13)2/h12-13H,3-10H2,1-2H3/t12-,13+/m1/s1. The quantitative estimate of drug-likeness (QED) is 0.828. The third kappa shape index (κ3) is 3.10. The molecule has 0 saturated carbocycles. The topological polar surface area (TPSA) is 62.5 Å². The molecule has 2 saturated heterocycles. The number of nitrogens with zero attached hydrogens (tertiary/aromatic N) is 4. The van der Waals surface area contributed by atoms with Crippen LogP contribution >= 0.6 is 0 Å². The van der Waals surface area contributed by atoms with Gasteiger partial charge >= 0.3 is 0 Å². The Labute approximate surface area is 125 Å². The predicted molar refractivity (Wildman–Crippen MR) is 77.9 cm³/mol. The van der Waals surface area contributed by atoms with Crippen molar-refractivity contribution in [3.63, 3.8) is 0 Å². The lowest BCUT2D eigenvalue weighted by atomic mass is 9.95. The number of hydrogen-bond donors (Lipinski definition) is 0. The van der Waals surface area contributed by atoms with Gasteiger partial charge in [-0.3, -0.25) is 9.69 Å². The molecule has 6 nitrogen and oxygen atoms in total. The third-order valence-corrected chi connectivity index (χ3v) is 4.70. The van der Waals surface area contributed by atoms with Gasteiger partial charge in [0.05, 0.1) is 6.04 Å². The molecule has 0 bridgehead atoms. The second kappa shape index (κ2) is 6.13. The van der Waals surface area contributed by atoms with Crippen molar-refractivity contribution >= 4 is 5.91 Å². The van der Waals surface area contributed by atoms with Crippen LogP contribution in [0, 0.1) is 6.92 Å². The Morgan fingerprint density at radius 3 is 2.81 bits per heavy atom. The molecule has 2 aliphatic heterocycles. The maximum absolute atomic E-state index is 12.8. The third-order valence-electron chi connectivity index (χ3n) is 4.70. The molecule has 0 spiro atoms. The fourth-order valence-corrected chi connectivity index (χ4v) is 3.47. The highest BCUT2D eigenvalue weighted by Gasteiger charge is 2.33. The number of carbonyl (C=O) groups is 1.